The number of fused-ring (bicyclic) bond motifs is 1. The monoisotopic (exact) mass is 474 g/mol. The molecule has 32 heavy (non-hydrogen) atoms. The number of nitrogens with zero attached hydrogens (tertiary/aromatic N) is 4. The fourth-order valence-corrected chi connectivity index (χ4v) is 5.55. The van der Waals surface area contributed by atoms with Gasteiger partial charge in [-0.2, -0.15) is 15.4 Å². The van der Waals surface area contributed by atoms with Crippen molar-refractivity contribution in [2.24, 2.45) is 11.3 Å². The fraction of sp³-hybridized carbons (Fsp3) is 0.476. The number of urea groups is 1. The summed E-state index contributed by atoms with van der Waals surface area (Å²) in [6, 6.07) is 5.36. The number of carbonyl (C=O) groups is 2. The van der Waals surface area contributed by atoms with Crippen molar-refractivity contribution in [1.29, 1.82) is 0 Å². The molecular formula is C21H26N6O3S2. The Kier molecular flexibility index (Phi) is 6.66. The van der Waals surface area contributed by atoms with Gasteiger partial charge in [-0.05, 0) is 50.8 Å². The second-order valence-electron chi connectivity index (χ2n) is 8.65. The number of thiazole rings is 1. The number of aliphatic carboxylic acids is 1. The van der Waals surface area contributed by atoms with Crippen LogP contribution in [0, 0.1) is 11.3 Å². The Morgan fingerprint density at radius 1 is 1.28 bits per heavy atom. The molecule has 3 aromatic rings. The Morgan fingerprint density at radius 3 is 2.78 bits per heavy atom. The number of benzene rings is 1. The van der Waals surface area contributed by atoms with Crippen LogP contribution >= 0.6 is 23.1 Å². The normalized spacial score (nSPS) is 14.7. The zero-order chi connectivity index (χ0) is 22.7. The van der Waals surface area contributed by atoms with Crippen LogP contribution in [0.25, 0.3) is 11.0 Å². The smallest absolute Gasteiger partial charge is 0.328 e. The Labute approximate surface area is 194 Å². The van der Waals surface area contributed by atoms with Crippen molar-refractivity contribution >= 4 is 57.0 Å². The minimum Gasteiger partial charge on any atom is -0.481 e. The van der Waals surface area contributed by atoms with Crippen molar-refractivity contribution in [3.63, 3.8) is 0 Å². The third kappa shape index (κ3) is 5.21. The predicted molar refractivity (Wildman–Crippen MR) is 126 cm³/mol. The molecule has 2 aromatic heterocycles. The minimum absolute atomic E-state index is 0.239. The van der Waals surface area contributed by atoms with Crippen LogP contribution in [0.15, 0.2) is 28.6 Å². The molecule has 11 heteroatoms. The van der Waals surface area contributed by atoms with Gasteiger partial charge in [0.05, 0.1) is 15.8 Å². The van der Waals surface area contributed by atoms with E-state index in [9.17, 15) is 14.7 Å². The summed E-state index contributed by atoms with van der Waals surface area (Å²) in [7, 11) is 0. The number of anilines is 2. The van der Waals surface area contributed by atoms with E-state index in [0.29, 0.717) is 28.9 Å². The first-order valence-corrected chi connectivity index (χ1v) is 12.3. The molecule has 0 atom stereocenters. The zero-order valence-electron chi connectivity index (χ0n) is 18.0. The summed E-state index contributed by atoms with van der Waals surface area (Å²) >= 11 is 2.77. The topological polar surface area (TPSA) is 124 Å². The highest BCUT2D eigenvalue weighted by Gasteiger charge is 2.28. The Balaban J connectivity index is 1.47. The van der Waals surface area contributed by atoms with E-state index < -0.39 is 11.4 Å². The van der Waals surface area contributed by atoms with Gasteiger partial charge in [-0.15, -0.1) is 11.8 Å². The average Bonchev–Trinajstić information content (AvgIpc) is 3.51. The molecule has 1 aromatic carbocycles. The van der Waals surface area contributed by atoms with E-state index in [0.717, 1.165) is 28.3 Å². The van der Waals surface area contributed by atoms with Crippen LogP contribution < -0.4 is 10.2 Å². The summed E-state index contributed by atoms with van der Waals surface area (Å²) in [5, 5.41) is 23.5. The molecule has 2 amide bonds. The molecule has 0 unspecified atom stereocenters. The van der Waals surface area contributed by atoms with Gasteiger partial charge < -0.3 is 5.11 Å². The second kappa shape index (κ2) is 9.45. The quantitative estimate of drug-likeness (QED) is 0.399. The first kappa shape index (κ1) is 22.5. The van der Waals surface area contributed by atoms with E-state index in [1.807, 2.05) is 18.2 Å². The van der Waals surface area contributed by atoms with Crippen molar-refractivity contribution in [2.45, 2.75) is 43.7 Å². The van der Waals surface area contributed by atoms with Crippen LogP contribution in [0.4, 0.5) is 15.6 Å². The summed E-state index contributed by atoms with van der Waals surface area (Å²) in [5.41, 5.74) is 1.39. The number of hydrogen-bond donors (Lipinski definition) is 3. The van der Waals surface area contributed by atoms with E-state index in [2.05, 4.69) is 25.7 Å². The number of carboxylic acid groups (broad SMARTS) is 1. The lowest BCUT2D eigenvalue weighted by Crippen LogP contribution is -2.38. The van der Waals surface area contributed by atoms with Crippen molar-refractivity contribution in [3.05, 3.63) is 24.4 Å². The fourth-order valence-electron chi connectivity index (χ4n) is 3.61. The number of H-pyrrole nitrogens is 1. The van der Waals surface area contributed by atoms with E-state index in [4.69, 9.17) is 0 Å². The standard InChI is InChI=1S/C21H26N6O3S2/c1-21(2,18(28)29)12-31-17-10-22-19(32-17)23-20(30)27(11-13-5-3-4-6-13)14-7-8-15-16(9-14)25-26-24-15/h7-10,13H,3-6,11-12H2,1-2H3,(H,28,29)(H,22,23,30)(H,24,25,26). The van der Waals surface area contributed by atoms with Gasteiger partial charge in [0.2, 0.25) is 0 Å². The average molecular weight is 475 g/mol. The van der Waals surface area contributed by atoms with E-state index >= 15 is 0 Å². The second-order valence-corrected chi connectivity index (χ2v) is 11.0. The number of aromatic nitrogens is 4. The number of thioether (sulfide) groups is 1. The van der Waals surface area contributed by atoms with Gasteiger partial charge in [0.25, 0.3) is 0 Å². The third-order valence-electron chi connectivity index (χ3n) is 5.62. The first-order valence-electron chi connectivity index (χ1n) is 10.5. The Bertz CT molecular complexity index is 1110. The molecule has 0 spiro atoms. The van der Waals surface area contributed by atoms with Gasteiger partial charge in [-0.25, -0.2) is 9.78 Å². The SMILES string of the molecule is CC(C)(CSc1cnc(NC(=O)N(CC2CCCC2)c2ccc3n[nH]nc3c2)s1)C(=O)O. The Hall–Kier alpha value is -2.66. The van der Waals surface area contributed by atoms with Crippen LogP contribution in [-0.4, -0.2) is 49.8 Å². The lowest BCUT2D eigenvalue weighted by atomic mass is 9.97. The van der Waals surface area contributed by atoms with Crippen molar-refractivity contribution in [2.75, 3.05) is 22.5 Å². The van der Waals surface area contributed by atoms with Crippen LogP contribution in [0.3, 0.4) is 0 Å². The summed E-state index contributed by atoms with van der Waals surface area (Å²) < 4.78 is 0.862. The van der Waals surface area contributed by atoms with Crippen LogP contribution in [-0.2, 0) is 4.79 Å². The molecule has 0 bridgehead atoms. The maximum atomic E-state index is 13.2. The number of rotatable bonds is 8. The zero-order valence-corrected chi connectivity index (χ0v) is 19.6. The molecule has 1 fully saturated rings. The molecule has 0 aliphatic heterocycles. The van der Waals surface area contributed by atoms with E-state index in [1.165, 1.54) is 35.9 Å². The van der Waals surface area contributed by atoms with Crippen molar-refractivity contribution in [3.8, 4) is 0 Å². The highest BCUT2D eigenvalue weighted by Crippen LogP contribution is 2.34. The van der Waals surface area contributed by atoms with E-state index in [-0.39, 0.29) is 6.03 Å². The Morgan fingerprint density at radius 2 is 2.03 bits per heavy atom. The largest absolute Gasteiger partial charge is 0.481 e. The maximum absolute atomic E-state index is 13.2. The number of nitrogens with one attached hydrogen (secondary N) is 2. The summed E-state index contributed by atoms with van der Waals surface area (Å²) in [4.78, 5) is 30.6. The number of carbonyl (C=O) groups excluding carboxylic acids is 1. The number of aromatic amines is 1. The molecule has 1 saturated carbocycles. The van der Waals surface area contributed by atoms with Crippen LogP contribution in [0.1, 0.15) is 39.5 Å². The van der Waals surface area contributed by atoms with Crippen molar-refractivity contribution < 1.29 is 14.7 Å². The molecule has 170 valence electrons. The number of carboxylic acids is 1. The maximum Gasteiger partial charge on any atom is 0.328 e. The molecular weight excluding hydrogens is 448 g/mol. The van der Waals surface area contributed by atoms with Crippen molar-refractivity contribution in [1.82, 2.24) is 20.4 Å². The molecule has 0 saturated heterocycles. The van der Waals surface area contributed by atoms with Gasteiger partial charge >= 0.3 is 12.0 Å². The molecule has 2 heterocycles. The van der Waals surface area contributed by atoms with Gasteiger partial charge in [-0.3, -0.25) is 15.0 Å². The van der Waals surface area contributed by atoms with E-state index in [1.54, 1.807) is 24.9 Å². The summed E-state index contributed by atoms with van der Waals surface area (Å²) in [5.74, 6) is 0.0489. The van der Waals surface area contributed by atoms with Gasteiger partial charge in [0, 0.05) is 18.0 Å². The van der Waals surface area contributed by atoms with Gasteiger partial charge in [-0.1, -0.05) is 24.2 Å². The van der Waals surface area contributed by atoms with Crippen LogP contribution in [0.2, 0.25) is 0 Å². The van der Waals surface area contributed by atoms with Crippen LogP contribution in [0.5, 0.6) is 0 Å². The predicted octanol–water partition coefficient (Wildman–Crippen LogP) is 4.85. The first-order chi connectivity index (χ1) is 15.3. The molecule has 3 N–H and O–H groups in total. The van der Waals surface area contributed by atoms with Gasteiger partial charge in [0.1, 0.15) is 11.0 Å². The molecule has 1 aliphatic rings. The summed E-state index contributed by atoms with van der Waals surface area (Å²) in [6.07, 6.45) is 6.30. The lowest BCUT2D eigenvalue weighted by molar-refractivity contribution is -0.145. The minimum atomic E-state index is -0.838. The molecule has 0 radical (unpaired) electrons. The highest BCUT2D eigenvalue weighted by molar-refractivity contribution is 8.01. The molecule has 4 rings (SSSR count). The number of amides is 2. The highest BCUT2D eigenvalue weighted by atomic mass is 32.2. The lowest BCUT2D eigenvalue weighted by Gasteiger charge is -2.25. The molecule has 1 aliphatic carbocycles. The number of hydrogen-bond acceptors (Lipinski definition) is 7. The molecule has 9 nitrogen and oxygen atoms in total. The van der Waals surface area contributed by atoms with Gasteiger partial charge in [0.15, 0.2) is 5.13 Å². The summed E-state index contributed by atoms with van der Waals surface area (Å²) in [6.45, 7) is 4.02. The third-order valence-corrected chi connectivity index (χ3v) is 8.19.